The summed E-state index contributed by atoms with van der Waals surface area (Å²) in [6, 6.07) is 3.82. The van der Waals surface area contributed by atoms with Gasteiger partial charge in [-0.2, -0.15) is 13.2 Å². The molecule has 0 aromatic heterocycles. The van der Waals surface area contributed by atoms with Crippen LogP contribution in [-0.2, 0) is 11.4 Å². The van der Waals surface area contributed by atoms with E-state index in [0.717, 1.165) is 0 Å². The monoisotopic (exact) mass is 357 g/mol. The highest BCUT2D eigenvalue weighted by atomic mass is 79.9. The lowest BCUT2D eigenvalue weighted by atomic mass is 10.1. The van der Waals surface area contributed by atoms with Crippen molar-refractivity contribution in [3.05, 3.63) is 34.3 Å². The molecule has 1 aromatic carbocycles. The van der Waals surface area contributed by atoms with Crippen molar-refractivity contribution in [2.75, 3.05) is 0 Å². The molecule has 0 saturated carbocycles. The first-order chi connectivity index (χ1) is 8.51. The molecule has 0 spiro atoms. The van der Waals surface area contributed by atoms with Gasteiger partial charge < -0.3 is 4.55 Å². The fourth-order valence-electron chi connectivity index (χ4n) is 1.26. The van der Waals surface area contributed by atoms with E-state index in [1.807, 2.05) is 0 Å². The van der Waals surface area contributed by atoms with Crippen LogP contribution in [0.3, 0.4) is 0 Å². The Hall–Kier alpha value is -0.240. The van der Waals surface area contributed by atoms with E-state index in [1.54, 1.807) is 20.8 Å². The summed E-state index contributed by atoms with van der Waals surface area (Å²) in [4.78, 5) is 0. The van der Waals surface area contributed by atoms with Crippen LogP contribution in [-0.4, -0.2) is 15.5 Å². The number of hydrogen-bond donors (Lipinski definition) is 1. The number of nitrogens with one attached hydrogen (secondary N) is 1. The van der Waals surface area contributed by atoms with Gasteiger partial charge in [-0.3, -0.25) is 0 Å². The smallest absolute Gasteiger partial charge is 0.412 e. The Bertz CT molecular complexity index is 416. The van der Waals surface area contributed by atoms with Gasteiger partial charge in [0.15, 0.2) is 6.04 Å². The average Bonchev–Trinajstić information content (AvgIpc) is 2.24. The first kappa shape index (κ1) is 16.8. The number of hydrogen-bond acceptors (Lipinski definition) is 2. The Morgan fingerprint density at radius 2 is 1.63 bits per heavy atom. The Kier molecular flexibility index (Phi) is 5.34. The van der Waals surface area contributed by atoms with Gasteiger partial charge in [-0.25, -0.2) is 0 Å². The fourth-order valence-corrected chi connectivity index (χ4v) is 2.36. The molecule has 0 fully saturated rings. The van der Waals surface area contributed by atoms with E-state index >= 15 is 0 Å². The molecule has 0 aliphatic rings. The minimum absolute atomic E-state index is 0.0355. The number of rotatable bonds is 3. The summed E-state index contributed by atoms with van der Waals surface area (Å²) >= 11 is 1.36. The van der Waals surface area contributed by atoms with Gasteiger partial charge in [0.1, 0.15) is 4.75 Å². The molecule has 0 aliphatic carbocycles. The van der Waals surface area contributed by atoms with Crippen LogP contribution in [0.25, 0.3) is 0 Å². The van der Waals surface area contributed by atoms with Gasteiger partial charge in [0.05, 0.1) is 0 Å². The standard InChI is InChI=1S/C12H15BrF3NOS/c1-11(2,3)19(18)17-10(12(14,15)16)8-4-6-9(13)7-5-8/h4-7,10,17H,1-3H3/t10-,19?/m0/s1. The van der Waals surface area contributed by atoms with Gasteiger partial charge in [-0.15, -0.1) is 4.72 Å². The van der Waals surface area contributed by atoms with Crippen LogP contribution in [0.4, 0.5) is 13.2 Å². The first-order valence-corrected chi connectivity index (χ1v) is 7.46. The maximum atomic E-state index is 13.0. The van der Waals surface area contributed by atoms with Gasteiger partial charge in [-0.05, 0) is 38.5 Å². The van der Waals surface area contributed by atoms with Crippen LogP contribution in [0.5, 0.6) is 0 Å². The van der Waals surface area contributed by atoms with Crippen LogP contribution in [0.2, 0.25) is 0 Å². The first-order valence-electron chi connectivity index (χ1n) is 5.52. The van der Waals surface area contributed by atoms with Gasteiger partial charge in [0, 0.05) is 15.8 Å². The second-order valence-electron chi connectivity index (χ2n) is 5.03. The summed E-state index contributed by atoms with van der Waals surface area (Å²) in [6.45, 7) is 4.85. The maximum Gasteiger partial charge on any atom is 0.412 e. The predicted octanol–water partition coefficient (Wildman–Crippen LogP) is 4.10. The van der Waals surface area contributed by atoms with Crippen molar-refractivity contribution in [1.29, 1.82) is 0 Å². The van der Waals surface area contributed by atoms with Gasteiger partial charge in [-0.1, -0.05) is 28.1 Å². The molecule has 0 heterocycles. The van der Waals surface area contributed by atoms with E-state index in [0.29, 0.717) is 4.47 Å². The summed E-state index contributed by atoms with van der Waals surface area (Å²) in [5.41, 5.74) is 0.0355. The molecule has 108 valence electrons. The Morgan fingerprint density at radius 3 is 2.00 bits per heavy atom. The quantitative estimate of drug-likeness (QED) is 0.826. The number of alkyl halides is 3. The van der Waals surface area contributed by atoms with E-state index in [2.05, 4.69) is 20.7 Å². The maximum absolute atomic E-state index is 13.0. The molecule has 2 nitrogen and oxygen atoms in total. The zero-order valence-corrected chi connectivity index (χ0v) is 13.1. The van der Waals surface area contributed by atoms with Crippen LogP contribution >= 0.6 is 15.9 Å². The molecule has 19 heavy (non-hydrogen) atoms. The van der Waals surface area contributed by atoms with Crippen molar-refractivity contribution in [2.24, 2.45) is 0 Å². The van der Waals surface area contributed by atoms with Gasteiger partial charge >= 0.3 is 6.18 Å². The van der Waals surface area contributed by atoms with Crippen molar-refractivity contribution in [1.82, 2.24) is 4.72 Å². The lowest BCUT2D eigenvalue weighted by Crippen LogP contribution is -2.45. The zero-order valence-electron chi connectivity index (χ0n) is 10.7. The minimum Gasteiger partial charge on any atom is -0.598 e. The van der Waals surface area contributed by atoms with E-state index in [4.69, 9.17) is 0 Å². The molecule has 0 radical (unpaired) electrons. The topological polar surface area (TPSA) is 35.1 Å². The molecule has 0 saturated heterocycles. The van der Waals surface area contributed by atoms with E-state index in [9.17, 15) is 17.7 Å². The normalized spacial score (nSPS) is 16.2. The summed E-state index contributed by atoms with van der Waals surface area (Å²) in [5.74, 6) is 0. The van der Waals surface area contributed by atoms with Crippen molar-refractivity contribution in [3.8, 4) is 0 Å². The average molecular weight is 358 g/mol. The van der Waals surface area contributed by atoms with Crippen molar-refractivity contribution >= 4 is 27.3 Å². The molecule has 7 heteroatoms. The van der Waals surface area contributed by atoms with E-state index < -0.39 is 28.3 Å². The fraction of sp³-hybridized carbons (Fsp3) is 0.500. The van der Waals surface area contributed by atoms with Crippen molar-refractivity contribution < 1.29 is 17.7 Å². The van der Waals surface area contributed by atoms with Crippen LogP contribution in [0, 0.1) is 0 Å². The largest absolute Gasteiger partial charge is 0.598 e. The summed E-state index contributed by atoms with van der Waals surface area (Å²) in [5, 5.41) is 0. The molecule has 1 rings (SSSR count). The lowest BCUT2D eigenvalue weighted by molar-refractivity contribution is -0.153. The molecule has 2 atom stereocenters. The highest BCUT2D eigenvalue weighted by Crippen LogP contribution is 2.34. The minimum atomic E-state index is -4.51. The van der Waals surface area contributed by atoms with E-state index in [1.165, 1.54) is 24.3 Å². The third-order valence-corrected chi connectivity index (χ3v) is 4.40. The van der Waals surface area contributed by atoms with Crippen LogP contribution in [0.15, 0.2) is 28.7 Å². The Balaban J connectivity index is 3.00. The molecule has 0 bridgehead atoms. The predicted molar refractivity (Wildman–Crippen MR) is 74.0 cm³/mol. The number of benzene rings is 1. The summed E-state index contributed by atoms with van der Waals surface area (Å²) < 4.78 is 53.1. The molecular weight excluding hydrogens is 343 g/mol. The molecule has 1 aromatic rings. The van der Waals surface area contributed by atoms with Crippen LogP contribution in [0.1, 0.15) is 32.4 Å². The molecule has 0 amide bonds. The Labute approximate surface area is 122 Å². The molecule has 1 N–H and O–H groups in total. The van der Waals surface area contributed by atoms with Crippen LogP contribution < -0.4 is 4.72 Å². The van der Waals surface area contributed by atoms with Gasteiger partial charge in [0.2, 0.25) is 0 Å². The third kappa shape index (κ3) is 4.98. The highest BCUT2D eigenvalue weighted by molar-refractivity contribution is 9.10. The molecule has 1 unspecified atom stereocenters. The number of halogens is 4. The summed E-state index contributed by atoms with van der Waals surface area (Å²) in [7, 11) is 0. The van der Waals surface area contributed by atoms with Crippen molar-refractivity contribution in [3.63, 3.8) is 0 Å². The SMILES string of the molecule is CC(C)(C)[S+]([O-])N[C@@H](c1ccc(Br)cc1)C(F)(F)F. The second-order valence-corrected chi connectivity index (χ2v) is 7.94. The van der Waals surface area contributed by atoms with E-state index in [-0.39, 0.29) is 5.56 Å². The highest BCUT2D eigenvalue weighted by Gasteiger charge is 2.45. The van der Waals surface area contributed by atoms with Gasteiger partial charge in [0.25, 0.3) is 0 Å². The zero-order chi connectivity index (χ0) is 14.8. The molecular formula is C12H15BrF3NOS. The Morgan fingerprint density at radius 1 is 1.16 bits per heavy atom. The molecule has 0 aliphatic heterocycles. The van der Waals surface area contributed by atoms with Crippen molar-refractivity contribution in [2.45, 2.75) is 37.7 Å². The summed E-state index contributed by atoms with van der Waals surface area (Å²) in [6.07, 6.45) is -4.51. The third-order valence-electron chi connectivity index (χ3n) is 2.31. The lowest BCUT2D eigenvalue weighted by Gasteiger charge is -2.29. The second kappa shape index (κ2) is 6.03.